The largest absolute Gasteiger partial charge is 0.490 e. The van der Waals surface area contributed by atoms with Gasteiger partial charge in [0.2, 0.25) is 0 Å². The third kappa shape index (κ3) is 5.54. The fraction of sp³-hybridized carbons (Fsp3) is 0.320. The lowest BCUT2D eigenvalue weighted by Gasteiger charge is -2.17. The standard InChI is InChI=1S/C25H26Br2N2O6/c1-5-7-13-35-23-17(34-6-2)14-16(19(26)20(23)27)21-18(24(30)32-3)22(25(31)33-4)29(28-21)15-11-9-8-10-12-15/h8-12,14H,5-7,13H2,1-4H3. The predicted molar refractivity (Wildman–Crippen MR) is 139 cm³/mol. The molecule has 0 fully saturated rings. The average Bonchev–Trinajstić information content (AvgIpc) is 3.28. The van der Waals surface area contributed by atoms with E-state index in [0.29, 0.717) is 44.9 Å². The van der Waals surface area contributed by atoms with Crippen molar-refractivity contribution in [1.82, 2.24) is 9.78 Å². The van der Waals surface area contributed by atoms with Gasteiger partial charge in [0.1, 0.15) is 11.3 Å². The van der Waals surface area contributed by atoms with Crippen molar-refractivity contribution in [3.63, 3.8) is 0 Å². The molecule has 10 heteroatoms. The Hall–Kier alpha value is -2.85. The molecule has 0 amide bonds. The first-order chi connectivity index (χ1) is 16.9. The van der Waals surface area contributed by atoms with E-state index in [4.69, 9.17) is 18.9 Å². The Morgan fingerprint density at radius 1 is 0.971 bits per heavy atom. The summed E-state index contributed by atoms with van der Waals surface area (Å²) in [7, 11) is 2.49. The summed E-state index contributed by atoms with van der Waals surface area (Å²) in [5.74, 6) is -0.454. The van der Waals surface area contributed by atoms with E-state index in [2.05, 4.69) is 43.9 Å². The Balaban J connectivity index is 2.34. The summed E-state index contributed by atoms with van der Waals surface area (Å²) in [4.78, 5) is 25.8. The lowest BCUT2D eigenvalue weighted by atomic mass is 10.0. The third-order valence-corrected chi connectivity index (χ3v) is 7.19. The molecule has 0 spiro atoms. The van der Waals surface area contributed by atoms with Crippen LogP contribution in [0.1, 0.15) is 47.5 Å². The molecule has 186 valence electrons. The van der Waals surface area contributed by atoms with E-state index in [1.165, 1.54) is 18.9 Å². The molecule has 0 aliphatic heterocycles. The van der Waals surface area contributed by atoms with Crippen molar-refractivity contribution < 1.29 is 28.5 Å². The molecule has 0 radical (unpaired) electrons. The van der Waals surface area contributed by atoms with Crippen LogP contribution in [0.25, 0.3) is 16.9 Å². The van der Waals surface area contributed by atoms with Crippen LogP contribution in [0.4, 0.5) is 0 Å². The van der Waals surface area contributed by atoms with Crippen LogP contribution in [0.15, 0.2) is 45.3 Å². The molecule has 3 rings (SSSR count). The van der Waals surface area contributed by atoms with Crippen molar-refractivity contribution in [2.45, 2.75) is 26.7 Å². The number of carbonyl (C=O) groups is 2. The number of carbonyl (C=O) groups excluding carboxylic acids is 2. The maximum Gasteiger partial charge on any atom is 0.357 e. The van der Waals surface area contributed by atoms with Gasteiger partial charge < -0.3 is 18.9 Å². The van der Waals surface area contributed by atoms with Gasteiger partial charge in [0.25, 0.3) is 0 Å². The van der Waals surface area contributed by atoms with Crippen molar-refractivity contribution >= 4 is 43.8 Å². The van der Waals surface area contributed by atoms with Crippen LogP contribution in [-0.2, 0) is 9.47 Å². The van der Waals surface area contributed by atoms with Gasteiger partial charge in [-0.05, 0) is 63.4 Å². The Kier molecular flexibility index (Phi) is 9.33. The minimum Gasteiger partial charge on any atom is -0.490 e. The number of aromatic nitrogens is 2. The fourth-order valence-electron chi connectivity index (χ4n) is 3.42. The molecule has 1 aromatic heterocycles. The highest BCUT2D eigenvalue weighted by molar-refractivity contribution is 9.13. The van der Waals surface area contributed by atoms with E-state index < -0.39 is 11.9 Å². The van der Waals surface area contributed by atoms with Gasteiger partial charge in [-0.2, -0.15) is 5.10 Å². The zero-order chi connectivity index (χ0) is 25.5. The van der Waals surface area contributed by atoms with Gasteiger partial charge >= 0.3 is 11.9 Å². The molecule has 0 atom stereocenters. The van der Waals surface area contributed by atoms with Crippen molar-refractivity contribution in [3.05, 3.63) is 56.6 Å². The Labute approximate surface area is 220 Å². The molecule has 35 heavy (non-hydrogen) atoms. The monoisotopic (exact) mass is 608 g/mol. The van der Waals surface area contributed by atoms with Crippen LogP contribution in [0, 0.1) is 0 Å². The average molecular weight is 610 g/mol. The highest BCUT2D eigenvalue weighted by Crippen LogP contribution is 2.47. The van der Waals surface area contributed by atoms with Gasteiger partial charge in [0.15, 0.2) is 17.2 Å². The molecule has 8 nitrogen and oxygen atoms in total. The van der Waals surface area contributed by atoms with Gasteiger partial charge in [-0.25, -0.2) is 14.3 Å². The van der Waals surface area contributed by atoms with E-state index >= 15 is 0 Å². The van der Waals surface area contributed by atoms with Gasteiger partial charge in [0, 0.05) is 10.0 Å². The summed E-state index contributed by atoms with van der Waals surface area (Å²) in [5, 5.41) is 4.66. The van der Waals surface area contributed by atoms with Crippen molar-refractivity contribution in [1.29, 1.82) is 0 Å². The normalized spacial score (nSPS) is 10.7. The summed E-state index contributed by atoms with van der Waals surface area (Å²) in [6.07, 6.45) is 1.87. The van der Waals surface area contributed by atoms with Gasteiger partial charge in [-0.15, -0.1) is 0 Å². The molecule has 0 unspecified atom stereocenters. The zero-order valence-corrected chi connectivity index (χ0v) is 23.1. The minimum absolute atomic E-state index is 0.0297. The number of ether oxygens (including phenoxy) is 4. The summed E-state index contributed by atoms with van der Waals surface area (Å²) in [5.41, 5.74) is 1.21. The molecule has 1 heterocycles. The number of benzene rings is 2. The Morgan fingerprint density at radius 3 is 2.26 bits per heavy atom. The van der Waals surface area contributed by atoms with E-state index in [9.17, 15) is 9.59 Å². The van der Waals surface area contributed by atoms with Crippen LogP contribution < -0.4 is 9.47 Å². The number of hydrogen-bond acceptors (Lipinski definition) is 7. The Bertz CT molecular complexity index is 1210. The number of para-hydroxylation sites is 1. The SMILES string of the molecule is CCCCOc1c(OCC)cc(-c2nn(-c3ccccc3)c(C(=O)OC)c2C(=O)OC)c(Br)c1Br. The highest BCUT2D eigenvalue weighted by Gasteiger charge is 2.33. The summed E-state index contributed by atoms with van der Waals surface area (Å²) in [6.45, 7) is 4.86. The van der Waals surface area contributed by atoms with Crippen molar-refractivity contribution in [2.24, 2.45) is 0 Å². The van der Waals surface area contributed by atoms with E-state index in [1.54, 1.807) is 30.3 Å². The predicted octanol–water partition coefficient (Wildman–Crippen LogP) is 6.22. The molecule has 0 aliphatic carbocycles. The molecule has 0 bridgehead atoms. The fourth-order valence-corrected chi connectivity index (χ4v) is 4.42. The number of nitrogens with zero attached hydrogens (tertiary/aromatic N) is 2. The van der Waals surface area contributed by atoms with Gasteiger partial charge in [-0.3, -0.25) is 0 Å². The van der Waals surface area contributed by atoms with Crippen LogP contribution >= 0.6 is 31.9 Å². The molecule has 0 saturated carbocycles. The summed E-state index contributed by atoms with van der Waals surface area (Å²) < 4.78 is 24.4. The second-order valence-corrected chi connectivity index (χ2v) is 8.90. The maximum absolute atomic E-state index is 13.0. The van der Waals surface area contributed by atoms with Gasteiger partial charge in [-0.1, -0.05) is 31.5 Å². The minimum atomic E-state index is -0.730. The van der Waals surface area contributed by atoms with E-state index in [-0.39, 0.29) is 17.0 Å². The molecule has 2 aromatic carbocycles. The molecule has 0 N–H and O–H groups in total. The number of unbranched alkanes of at least 4 members (excludes halogenated alkanes) is 1. The molecule has 3 aromatic rings. The van der Waals surface area contributed by atoms with Crippen LogP contribution in [0.2, 0.25) is 0 Å². The second kappa shape index (κ2) is 12.2. The smallest absolute Gasteiger partial charge is 0.357 e. The molecule has 0 aliphatic rings. The van der Waals surface area contributed by atoms with Gasteiger partial charge in [0.05, 0.1) is 37.6 Å². The first kappa shape index (κ1) is 26.7. The third-order valence-electron chi connectivity index (χ3n) is 5.08. The van der Waals surface area contributed by atoms with Crippen LogP contribution in [0.5, 0.6) is 11.5 Å². The summed E-state index contributed by atoms with van der Waals surface area (Å²) >= 11 is 7.21. The Morgan fingerprint density at radius 2 is 1.66 bits per heavy atom. The lowest BCUT2D eigenvalue weighted by molar-refractivity contribution is 0.0549. The molecule has 0 saturated heterocycles. The summed E-state index contributed by atoms with van der Waals surface area (Å²) in [6, 6.07) is 10.7. The maximum atomic E-state index is 13.0. The first-order valence-electron chi connectivity index (χ1n) is 11.0. The quantitative estimate of drug-likeness (QED) is 0.199. The topological polar surface area (TPSA) is 88.9 Å². The van der Waals surface area contributed by atoms with Crippen LogP contribution in [0.3, 0.4) is 0 Å². The molecular weight excluding hydrogens is 584 g/mol. The van der Waals surface area contributed by atoms with Crippen molar-refractivity contribution in [2.75, 3.05) is 27.4 Å². The number of hydrogen-bond donors (Lipinski definition) is 0. The van der Waals surface area contributed by atoms with Crippen LogP contribution in [-0.4, -0.2) is 49.2 Å². The molecular formula is C25H26Br2N2O6. The van der Waals surface area contributed by atoms with Crippen molar-refractivity contribution in [3.8, 4) is 28.4 Å². The number of esters is 2. The highest BCUT2D eigenvalue weighted by atomic mass is 79.9. The number of halogens is 2. The first-order valence-corrected chi connectivity index (χ1v) is 12.6. The number of rotatable bonds is 10. The number of methoxy groups -OCH3 is 2. The zero-order valence-electron chi connectivity index (χ0n) is 19.9. The van der Waals surface area contributed by atoms with E-state index in [1.807, 2.05) is 13.0 Å². The second-order valence-electron chi connectivity index (χ2n) is 7.32. The van der Waals surface area contributed by atoms with E-state index in [0.717, 1.165) is 12.8 Å². The lowest BCUT2D eigenvalue weighted by Crippen LogP contribution is -2.15.